The van der Waals surface area contributed by atoms with Crippen molar-refractivity contribution < 1.29 is 29.4 Å². The second kappa shape index (κ2) is 10.2. The van der Waals surface area contributed by atoms with Crippen LogP contribution >= 0.6 is 12.6 Å². The molecule has 0 aliphatic rings. The number of aliphatic hydroxyl groups is 1. The van der Waals surface area contributed by atoms with E-state index < -0.39 is 29.9 Å². The molecule has 0 bridgehead atoms. The zero-order chi connectivity index (χ0) is 16.4. The lowest BCUT2D eigenvalue weighted by molar-refractivity contribution is -0.147. The van der Waals surface area contributed by atoms with Crippen LogP contribution in [0.3, 0.4) is 0 Å². The first-order valence-corrected chi connectivity index (χ1v) is 7.05. The second-order valence-corrected chi connectivity index (χ2v) is 4.67. The maximum Gasteiger partial charge on any atom is 0.332 e. The van der Waals surface area contributed by atoms with Crippen molar-refractivity contribution in [3.05, 3.63) is 0 Å². The number of aliphatic carboxylic acids is 1. The summed E-state index contributed by atoms with van der Waals surface area (Å²) in [5.74, 6) is -2.65. The molecule has 0 aromatic heterocycles. The lowest BCUT2D eigenvalue weighted by Gasteiger charge is -2.16. The number of carbonyl (C=O) groups is 4. The molecule has 0 saturated heterocycles. The van der Waals surface area contributed by atoms with E-state index in [9.17, 15) is 19.2 Å². The summed E-state index contributed by atoms with van der Waals surface area (Å²) in [5, 5.41) is 22.2. The number of Topliss-reactive ketones (excluding diaryl/α,β-unsaturated/α-hetero) is 1. The first kappa shape index (κ1) is 19.4. The largest absolute Gasteiger partial charge is 0.479 e. The molecule has 0 spiro atoms. The Hall–Kier alpha value is -1.61. The second-order valence-electron chi connectivity index (χ2n) is 4.31. The molecule has 0 radical (unpaired) electrons. The molecule has 0 fully saturated rings. The van der Waals surface area contributed by atoms with E-state index in [1.165, 1.54) is 0 Å². The molecule has 2 amide bonds. The lowest BCUT2D eigenvalue weighted by Crippen LogP contribution is -2.49. The molecule has 4 N–H and O–H groups in total. The van der Waals surface area contributed by atoms with Crippen LogP contribution in [-0.4, -0.2) is 58.2 Å². The Morgan fingerprint density at radius 2 is 1.86 bits per heavy atom. The topological polar surface area (TPSA) is 133 Å². The minimum Gasteiger partial charge on any atom is -0.479 e. The number of carboxylic acid groups (broad SMARTS) is 1. The Morgan fingerprint density at radius 3 is 2.33 bits per heavy atom. The molecule has 0 aromatic rings. The fourth-order valence-corrected chi connectivity index (χ4v) is 1.54. The average molecular weight is 320 g/mol. The number of thiol groups is 1. The predicted molar refractivity (Wildman–Crippen MR) is 77.0 cm³/mol. The smallest absolute Gasteiger partial charge is 0.332 e. The van der Waals surface area contributed by atoms with Gasteiger partial charge in [-0.05, 0) is 6.42 Å². The van der Waals surface area contributed by atoms with E-state index in [0.717, 1.165) is 0 Å². The maximum absolute atomic E-state index is 11.7. The number of hydrogen-bond donors (Lipinski definition) is 5. The fraction of sp³-hybridized carbons (Fsp3) is 0.667. The van der Waals surface area contributed by atoms with E-state index in [4.69, 9.17) is 10.2 Å². The van der Waals surface area contributed by atoms with Crippen LogP contribution in [0.4, 0.5) is 0 Å². The summed E-state index contributed by atoms with van der Waals surface area (Å²) in [6.45, 7) is 1.55. The van der Waals surface area contributed by atoms with Gasteiger partial charge >= 0.3 is 5.97 Å². The van der Waals surface area contributed by atoms with Crippen molar-refractivity contribution in [3.8, 4) is 0 Å². The highest BCUT2D eigenvalue weighted by atomic mass is 32.1. The molecule has 0 heterocycles. The monoisotopic (exact) mass is 320 g/mol. The van der Waals surface area contributed by atoms with Gasteiger partial charge in [0.2, 0.25) is 11.8 Å². The van der Waals surface area contributed by atoms with E-state index in [0.29, 0.717) is 6.42 Å². The van der Waals surface area contributed by atoms with E-state index in [1.54, 1.807) is 6.92 Å². The highest BCUT2D eigenvalue weighted by Gasteiger charge is 2.21. The Bertz CT molecular complexity index is 401. The predicted octanol–water partition coefficient (Wildman–Crippen LogP) is -1.28. The Labute approximate surface area is 127 Å². The van der Waals surface area contributed by atoms with E-state index >= 15 is 0 Å². The molecule has 0 aromatic carbocycles. The number of amides is 2. The van der Waals surface area contributed by atoms with Gasteiger partial charge in [0.15, 0.2) is 11.9 Å². The zero-order valence-electron chi connectivity index (χ0n) is 11.7. The molecule has 0 saturated carbocycles. The number of carboxylic acids is 1. The Morgan fingerprint density at radius 1 is 1.24 bits per heavy atom. The molecule has 8 nitrogen and oxygen atoms in total. The van der Waals surface area contributed by atoms with Gasteiger partial charge in [-0.3, -0.25) is 14.4 Å². The van der Waals surface area contributed by atoms with Crippen LogP contribution < -0.4 is 10.6 Å². The molecule has 2 unspecified atom stereocenters. The minimum absolute atomic E-state index is 0.0272. The third-order valence-corrected chi connectivity index (χ3v) is 2.98. The molecule has 0 rings (SSSR count). The number of aliphatic hydroxyl groups excluding tert-OH is 1. The molecule has 0 aliphatic heterocycles. The summed E-state index contributed by atoms with van der Waals surface area (Å²) in [4.78, 5) is 44.7. The van der Waals surface area contributed by atoms with Crippen molar-refractivity contribution in [2.24, 2.45) is 0 Å². The third kappa shape index (κ3) is 8.30. The standard InChI is InChI=1S/C12H20N2O6S/c1-2-7(15)5-13-11(18)8(6-21)14-10(17)4-3-9(16)12(19)20/h8-9,16,21H,2-6H2,1H3,(H,13,18)(H,14,17)(H,19,20). The molecule has 21 heavy (non-hydrogen) atoms. The van der Waals surface area contributed by atoms with Crippen molar-refractivity contribution in [2.45, 2.75) is 38.3 Å². The summed E-state index contributed by atoms with van der Waals surface area (Å²) in [5.41, 5.74) is 0. The van der Waals surface area contributed by atoms with E-state index in [2.05, 4.69) is 23.3 Å². The molecule has 9 heteroatoms. The Kier molecular flexibility index (Phi) is 9.39. The fourth-order valence-electron chi connectivity index (χ4n) is 1.29. The van der Waals surface area contributed by atoms with Crippen LogP contribution in [0.15, 0.2) is 0 Å². The summed E-state index contributed by atoms with van der Waals surface area (Å²) in [7, 11) is 0. The average Bonchev–Trinajstić information content (AvgIpc) is 2.46. The van der Waals surface area contributed by atoms with Crippen LogP contribution in [0.2, 0.25) is 0 Å². The number of hydrogen-bond acceptors (Lipinski definition) is 6. The highest BCUT2D eigenvalue weighted by Crippen LogP contribution is 1.99. The van der Waals surface area contributed by atoms with E-state index in [-0.39, 0.29) is 30.9 Å². The van der Waals surface area contributed by atoms with Crippen LogP contribution in [0.25, 0.3) is 0 Å². The normalized spacial score (nSPS) is 13.1. The summed E-state index contributed by atoms with van der Waals surface area (Å²) in [6.07, 6.45) is -1.82. The van der Waals surface area contributed by atoms with Crippen molar-refractivity contribution in [1.82, 2.24) is 10.6 Å². The van der Waals surface area contributed by atoms with Crippen molar-refractivity contribution in [2.75, 3.05) is 12.3 Å². The zero-order valence-corrected chi connectivity index (χ0v) is 12.6. The van der Waals surface area contributed by atoms with Gasteiger partial charge < -0.3 is 20.8 Å². The van der Waals surface area contributed by atoms with Gasteiger partial charge in [0.25, 0.3) is 0 Å². The minimum atomic E-state index is -1.62. The molecular formula is C12H20N2O6S. The maximum atomic E-state index is 11.7. The summed E-state index contributed by atoms with van der Waals surface area (Å²) in [6, 6.07) is -0.924. The van der Waals surface area contributed by atoms with Gasteiger partial charge in [-0.25, -0.2) is 4.79 Å². The molecule has 2 atom stereocenters. The van der Waals surface area contributed by atoms with Crippen LogP contribution in [0, 0.1) is 0 Å². The Balaban J connectivity index is 4.23. The molecular weight excluding hydrogens is 300 g/mol. The highest BCUT2D eigenvalue weighted by molar-refractivity contribution is 7.80. The van der Waals surface area contributed by atoms with Crippen molar-refractivity contribution in [1.29, 1.82) is 0 Å². The van der Waals surface area contributed by atoms with E-state index in [1.807, 2.05) is 0 Å². The number of carbonyl (C=O) groups excluding carboxylic acids is 3. The number of rotatable bonds is 10. The van der Waals surface area contributed by atoms with Crippen molar-refractivity contribution >= 4 is 36.2 Å². The van der Waals surface area contributed by atoms with Gasteiger partial charge in [-0.15, -0.1) is 0 Å². The first-order chi connectivity index (χ1) is 9.81. The quantitative estimate of drug-likeness (QED) is 0.319. The molecule has 120 valence electrons. The van der Waals surface area contributed by atoms with Gasteiger partial charge in [0.05, 0.1) is 6.54 Å². The first-order valence-electron chi connectivity index (χ1n) is 6.42. The van der Waals surface area contributed by atoms with Crippen LogP contribution in [0.5, 0.6) is 0 Å². The van der Waals surface area contributed by atoms with Crippen molar-refractivity contribution in [3.63, 3.8) is 0 Å². The summed E-state index contributed by atoms with van der Waals surface area (Å²) >= 11 is 3.93. The van der Waals surface area contributed by atoms with Gasteiger partial charge in [-0.1, -0.05) is 6.92 Å². The van der Waals surface area contributed by atoms with Crippen LogP contribution in [0.1, 0.15) is 26.2 Å². The summed E-state index contributed by atoms with van der Waals surface area (Å²) < 4.78 is 0. The van der Waals surface area contributed by atoms with Crippen LogP contribution in [-0.2, 0) is 19.2 Å². The number of nitrogens with one attached hydrogen (secondary N) is 2. The SMILES string of the molecule is CCC(=O)CNC(=O)C(CS)NC(=O)CCC(O)C(=O)O. The molecule has 0 aliphatic carbocycles. The van der Waals surface area contributed by atoms with Gasteiger partial charge in [0, 0.05) is 18.6 Å². The lowest BCUT2D eigenvalue weighted by atomic mass is 10.2. The number of ketones is 1. The third-order valence-electron chi connectivity index (χ3n) is 2.62. The van der Waals surface area contributed by atoms with Gasteiger partial charge in [-0.2, -0.15) is 12.6 Å². The van der Waals surface area contributed by atoms with Gasteiger partial charge in [0.1, 0.15) is 6.04 Å².